The molecule has 10 nitrogen and oxygen atoms in total. The standard InChI is InChI=1S/C21H27N3O7S/c1-21(2,3)31-20(26)23-17-13-15(10-11-18(17)29-5)22-19(25)14-8-7-9-16(12-14)32(27,28)24(4)30-6/h7-13H,1-6H3,(H,22,25)(H,23,26). The molecular weight excluding hydrogens is 438 g/mol. The van der Waals surface area contributed by atoms with Gasteiger partial charge in [-0.1, -0.05) is 10.5 Å². The molecule has 0 saturated heterocycles. The molecule has 0 radical (unpaired) electrons. The minimum Gasteiger partial charge on any atom is -0.495 e. The third kappa shape index (κ3) is 6.42. The molecule has 0 aliphatic heterocycles. The number of methoxy groups -OCH3 is 1. The van der Waals surface area contributed by atoms with Crippen molar-refractivity contribution in [2.45, 2.75) is 31.3 Å². The van der Waals surface area contributed by atoms with Gasteiger partial charge in [-0.15, -0.1) is 0 Å². The van der Waals surface area contributed by atoms with Crippen LogP contribution in [0.15, 0.2) is 47.4 Å². The number of nitrogens with zero attached hydrogens (tertiary/aromatic N) is 1. The molecule has 0 spiro atoms. The van der Waals surface area contributed by atoms with E-state index < -0.39 is 27.6 Å². The Hall–Kier alpha value is -3.15. The minimum absolute atomic E-state index is 0.100. The number of carbonyl (C=O) groups excluding carboxylic acids is 2. The van der Waals surface area contributed by atoms with Crippen molar-refractivity contribution in [2.24, 2.45) is 0 Å². The van der Waals surface area contributed by atoms with Crippen molar-refractivity contribution < 1.29 is 32.3 Å². The highest BCUT2D eigenvalue weighted by Crippen LogP contribution is 2.29. The highest BCUT2D eigenvalue weighted by atomic mass is 32.2. The van der Waals surface area contributed by atoms with E-state index in [1.165, 1.54) is 51.6 Å². The first-order chi connectivity index (χ1) is 14.9. The van der Waals surface area contributed by atoms with Crippen LogP contribution in [0, 0.1) is 0 Å². The van der Waals surface area contributed by atoms with E-state index in [2.05, 4.69) is 10.6 Å². The molecule has 0 saturated carbocycles. The van der Waals surface area contributed by atoms with Crippen LogP contribution in [0.25, 0.3) is 0 Å². The summed E-state index contributed by atoms with van der Waals surface area (Å²) in [7, 11) is 0.00383. The van der Waals surface area contributed by atoms with Crippen LogP contribution in [-0.2, 0) is 19.6 Å². The number of nitrogens with one attached hydrogen (secondary N) is 2. The van der Waals surface area contributed by atoms with Gasteiger partial charge in [0.2, 0.25) is 0 Å². The second-order valence-corrected chi connectivity index (χ2v) is 9.56. The van der Waals surface area contributed by atoms with Crippen LogP contribution in [0.2, 0.25) is 0 Å². The van der Waals surface area contributed by atoms with Crippen LogP contribution in [0.3, 0.4) is 0 Å². The average Bonchev–Trinajstić information content (AvgIpc) is 2.72. The monoisotopic (exact) mass is 465 g/mol. The Bertz CT molecular complexity index is 1090. The van der Waals surface area contributed by atoms with Crippen LogP contribution in [0.1, 0.15) is 31.1 Å². The topological polar surface area (TPSA) is 123 Å². The smallest absolute Gasteiger partial charge is 0.412 e. The van der Waals surface area contributed by atoms with Gasteiger partial charge in [0.25, 0.3) is 15.9 Å². The van der Waals surface area contributed by atoms with Gasteiger partial charge in [0.15, 0.2) is 0 Å². The molecule has 174 valence electrons. The van der Waals surface area contributed by atoms with Gasteiger partial charge in [0.1, 0.15) is 11.4 Å². The lowest BCUT2D eigenvalue weighted by molar-refractivity contribution is -0.0258. The van der Waals surface area contributed by atoms with Gasteiger partial charge in [-0.3, -0.25) is 14.9 Å². The summed E-state index contributed by atoms with van der Waals surface area (Å²) in [5, 5.41) is 5.25. The van der Waals surface area contributed by atoms with E-state index in [1.54, 1.807) is 32.9 Å². The number of hydrogen-bond donors (Lipinski definition) is 2. The molecule has 2 aromatic carbocycles. The first-order valence-electron chi connectivity index (χ1n) is 9.50. The predicted molar refractivity (Wildman–Crippen MR) is 119 cm³/mol. The van der Waals surface area contributed by atoms with E-state index in [0.29, 0.717) is 15.9 Å². The van der Waals surface area contributed by atoms with Crippen molar-refractivity contribution in [1.82, 2.24) is 4.47 Å². The Labute approximate surface area is 187 Å². The van der Waals surface area contributed by atoms with E-state index in [1.807, 2.05) is 0 Å². The van der Waals surface area contributed by atoms with Crippen molar-refractivity contribution in [3.63, 3.8) is 0 Å². The maximum absolute atomic E-state index is 12.7. The van der Waals surface area contributed by atoms with E-state index >= 15 is 0 Å². The summed E-state index contributed by atoms with van der Waals surface area (Å²) in [5.41, 5.74) is 0.0699. The SMILES string of the molecule is COc1ccc(NC(=O)c2cccc(S(=O)(=O)N(C)OC)c2)cc1NC(=O)OC(C)(C)C. The summed E-state index contributed by atoms with van der Waals surface area (Å²) < 4.78 is 36.0. The largest absolute Gasteiger partial charge is 0.495 e. The van der Waals surface area contributed by atoms with E-state index in [-0.39, 0.29) is 16.1 Å². The molecular formula is C21H27N3O7S. The number of hydroxylamine groups is 1. The molecule has 32 heavy (non-hydrogen) atoms. The van der Waals surface area contributed by atoms with Crippen LogP contribution in [-0.4, -0.2) is 51.8 Å². The van der Waals surface area contributed by atoms with Gasteiger partial charge in [-0.2, -0.15) is 0 Å². The summed E-state index contributed by atoms with van der Waals surface area (Å²) >= 11 is 0. The van der Waals surface area contributed by atoms with Crippen molar-refractivity contribution in [2.75, 3.05) is 31.9 Å². The number of amides is 2. The first kappa shape index (κ1) is 25.1. The molecule has 0 aliphatic carbocycles. The highest BCUT2D eigenvalue weighted by molar-refractivity contribution is 7.89. The van der Waals surface area contributed by atoms with Crippen LogP contribution in [0.5, 0.6) is 5.75 Å². The molecule has 2 rings (SSSR count). The molecule has 0 bridgehead atoms. The second kappa shape index (κ2) is 9.98. The normalized spacial score (nSPS) is 11.7. The third-order valence-electron chi connectivity index (χ3n) is 4.08. The average molecular weight is 466 g/mol. The zero-order valence-electron chi connectivity index (χ0n) is 18.8. The molecule has 0 heterocycles. The molecule has 11 heteroatoms. The Morgan fingerprint density at radius 3 is 2.28 bits per heavy atom. The van der Waals surface area contributed by atoms with E-state index in [4.69, 9.17) is 14.3 Å². The zero-order chi connectivity index (χ0) is 24.1. The van der Waals surface area contributed by atoms with Gasteiger partial charge in [-0.25, -0.2) is 13.2 Å². The molecule has 0 fully saturated rings. The highest BCUT2D eigenvalue weighted by Gasteiger charge is 2.22. The van der Waals surface area contributed by atoms with Crippen LogP contribution < -0.4 is 15.4 Å². The number of hydrogen-bond acceptors (Lipinski definition) is 7. The van der Waals surface area contributed by atoms with Crippen molar-refractivity contribution in [1.29, 1.82) is 0 Å². The van der Waals surface area contributed by atoms with E-state index in [0.717, 1.165) is 0 Å². The van der Waals surface area contributed by atoms with E-state index in [9.17, 15) is 18.0 Å². The predicted octanol–water partition coefficient (Wildman–Crippen LogP) is 3.48. The Morgan fingerprint density at radius 1 is 1.00 bits per heavy atom. The zero-order valence-corrected chi connectivity index (χ0v) is 19.6. The Kier molecular flexibility index (Phi) is 7.83. The maximum Gasteiger partial charge on any atom is 0.412 e. The number of rotatable bonds is 7. The lowest BCUT2D eigenvalue weighted by Crippen LogP contribution is -2.27. The number of sulfonamides is 1. The quantitative estimate of drug-likeness (QED) is 0.600. The van der Waals surface area contributed by atoms with Gasteiger partial charge in [0.05, 0.1) is 24.8 Å². The summed E-state index contributed by atoms with van der Waals surface area (Å²) in [6.07, 6.45) is -0.681. The Balaban J connectivity index is 2.25. The summed E-state index contributed by atoms with van der Waals surface area (Å²) in [6.45, 7) is 5.21. The van der Waals surface area contributed by atoms with Crippen molar-refractivity contribution >= 4 is 33.4 Å². The number of ether oxygens (including phenoxy) is 2. The molecule has 0 atom stereocenters. The molecule has 2 amide bonds. The lowest BCUT2D eigenvalue weighted by Gasteiger charge is -2.20. The third-order valence-corrected chi connectivity index (χ3v) is 5.76. The fourth-order valence-corrected chi connectivity index (χ4v) is 3.56. The van der Waals surface area contributed by atoms with Gasteiger partial charge in [-0.05, 0) is 57.2 Å². The molecule has 0 aromatic heterocycles. The van der Waals surface area contributed by atoms with Crippen molar-refractivity contribution in [3.8, 4) is 5.75 Å². The molecule has 0 aliphatic rings. The summed E-state index contributed by atoms with van der Waals surface area (Å²) in [5.74, 6) is -0.181. The number of benzene rings is 2. The fourth-order valence-electron chi connectivity index (χ4n) is 2.54. The first-order valence-corrected chi connectivity index (χ1v) is 10.9. The number of carbonyl (C=O) groups is 2. The maximum atomic E-state index is 12.7. The molecule has 0 unspecified atom stereocenters. The lowest BCUT2D eigenvalue weighted by atomic mass is 10.2. The Morgan fingerprint density at radius 2 is 1.69 bits per heavy atom. The molecule has 2 N–H and O–H groups in total. The van der Waals surface area contributed by atoms with Gasteiger partial charge < -0.3 is 14.8 Å². The summed E-state index contributed by atoms with van der Waals surface area (Å²) in [4.78, 5) is 29.5. The van der Waals surface area contributed by atoms with Crippen LogP contribution >= 0.6 is 0 Å². The van der Waals surface area contributed by atoms with Crippen molar-refractivity contribution in [3.05, 3.63) is 48.0 Å². The second-order valence-electron chi connectivity index (χ2n) is 7.62. The van der Waals surface area contributed by atoms with Gasteiger partial charge >= 0.3 is 6.09 Å². The van der Waals surface area contributed by atoms with Gasteiger partial charge in [0, 0.05) is 18.3 Å². The van der Waals surface area contributed by atoms with Crippen LogP contribution in [0.4, 0.5) is 16.2 Å². The minimum atomic E-state index is -3.91. The number of anilines is 2. The fraction of sp³-hybridized carbons (Fsp3) is 0.333. The molecule has 2 aromatic rings. The summed E-state index contributed by atoms with van der Waals surface area (Å²) in [6, 6.07) is 10.2.